The Bertz CT molecular complexity index is 431. The van der Waals surface area contributed by atoms with Crippen LogP contribution in [0.2, 0.25) is 0 Å². The zero-order valence-electron chi connectivity index (χ0n) is 15.0. The normalized spacial score (nSPS) is 13.2. The van der Waals surface area contributed by atoms with E-state index < -0.39 is 0 Å². The van der Waals surface area contributed by atoms with Crippen LogP contribution in [0.25, 0.3) is 0 Å². The third-order valence-corrected chi connectivity index (χ3v) is 4.20. The summed E-state index contributed by atoms with van der Waals surface area (Å²) in [6.07, 6.45) is 4.59. The number of benzene rings is 1. The minimum atomic E-state index is 0.0125. The standard InChI is InChI=1S/C20H33NO/c1-16(2)11-9-10-14-18(20(3,4)5)19(22)21-15-17-12-7-6-8-13-17/h6-8,12-13,16,18H,9-11,14-15H2,1-5H3,(H,21,22). The molecule has 124 valence electrons. The molecule has 1 unspecified atom stereocenters. The summed E-state index contributed by atoms with van der Waals surface area (Å²) in [6, 6.07) is 10.1. The predicted octanol–water partition coefficient (Wildman–Crippen LogP) is 5.18. The Kier molecular flexibility index (Phi) is 7.64. The van der Waals surface area contributed by atoms with Crippen LogP contribution in [0, 0.1) is 17.3 Å². The molecular weight excluding hydrogens is 270 g/mol. The molecule has 0 aliphatic heterocycles. The smallest absolute Gasteiger partial charge is 0.223 e. The Labute approximate surface area is 136 Å². The lowest BCUT2D eigenvalue weighted by Crippen LogP contribution is -2.37. The number of hydrogen-bond acceptors (Lipinski definition) is 1. The number of amides is 1. The van der Waals surface area contributed by atoms with Crippen LogP contribution in [0.1, 0.15) is 65.9 Å². The predicted molar refractivity (Wildman–Crippen MR) is 94.5 cm³/mol. The van der Waals surface area contributed by atoms with E-state index in [0.29, 0.717) is 6.54 Å². The molecule has 1 amide bonds. The van der Waals surface area contributed by atoms with Gasteiger partial charge >= 0.3 is 0 Å². The van der Waals surface area contributed by atoms with Gasteiger partial charge in [-0.2, -0.15) is 0 Å². The highest BCUT2D eigenvalue weighted by atomic mass is 16.1. The molecule has 1 atom stereocenters. The quantitative estimate of drug-likeness (QED) is 0.659. The van der Waals surface area contributed by atoms with E-state index in [1.54, 1.807) is 0 Å². The molecular formula is C20H33NO. The van der Waals surface area contributed by atoms with Gasteiger partial charge in [-0.15, -0.1) is 0 Å². The van der Waals surface area contributed by atoms with Crippen LogP contribution < -0.4 is 5.32 Å². The third kappa shape index (κ3) is 7.11. The largest absolute Gasteiger partial charge is 0.352 e. The SMILES string of the molecule is CC(C)CCCCC(C(=O)NCc1ccccc1)C(C)(C)C. The molecule has 2 heteroatoms. The van der Waals surface area contributed by atoms with Crippen molar-refractivity contribution in [3.05, 3.63) is 35.9 Å². The van der Waals surface area contributed by atoms with Gasteiger partial charge in [0.1, 0.15) is 0 Å². The molecule has 1 aromatic carbocycles. The molecule has 0 radical (unpaired) electrons. The zero-order valence-corrected chi connectivity index (χ0v) is 15.0. The highest BCUT2D eigenvalue weighted by Crippen LogP contribution is 2.31. The van der Waals surface area contributed by atoms with Crippen molar-refractivity contribution in [3.8, 4) is 0 Å². The fraction of sp³-hybridized carbons (Fsp3) is 0.650. The Balaban J connectivity index is 2.50. The monoisotopic (exact) mass is 303 g/mol. The maximum atomic E-state index is 12.6. The molecule has 2 nitrogen and oxygen atoms in total. The van der Waals surface area contributed by atoms with Crippen molar-refractivity contribution < 1.29 is 4.79 Å². The van der Waals surface area contributed by atoms with Gasteiger partial charge < -0.3 is 5.32 Å². The number of hydrogen-bond donors (Lipinski definition) is 1. The number of rotatable bonds is 8. The van der Waals surface area contributed by atoms with Crippen molar-refractivity contribution in [3.63, 3.8) is 0 Å². The van der Waals surface area contributed by atoms with Gasteiger partial charge in [-0.05, 0) is 23.3 Å². The molecule has 0 aliphatic carbocycles. The van der Waals surface area contributed by atoms with Gasteiger partial charge in [0.05, 0.1) is 0 Å². The fourth-order valence-electron chi connectivity index (χ4n) is 2.77. The van der Waals surface area contributed by atoms with Crippen molar-refractivity contribution in [2.45, 2.75) is 66.8 Å². The van der Waals surface area contributed by atoms with E-state index in [2.05, 4.69) is 52.1 Å². The first-order valence-corrected chi connectivity index (χ1v) is 8.62. The summed E-state index contributed by atoms with van der Waals surface area (Å²) in [5.41, 5.74) is 1.17. The molecule has 0 saturated carbocycles. The number of carbonyl (C=O) groups excluding carboxylic acids is 1. The highest BCUT2D eigenvalue weighted by molar-refractivity contribution is 5.79. The minimum Gasteiger partial charge on any atom is -0.352 e. The van der Waals surface area contributed by atoms with Gasteiger partial charge in [0.25, 0.3) is 0 Å². The maximum Gasteiger partial charge on any atom is 0.223 e. The van der Waals surface area contributed by atoms with E-state index in [-0.39, 0.29) is 17.2 Å². The van der Waals surface area contributed by atoms with Gasteiger partial charge in [0.15, 0.2) is 0 Å². The van der Waals surface area contributed by atoms with Crippen LogP contribution in [-0.4, -0.2) is 5.91 Å². The van der Waals surface area contributed by atoms with E-state index in [1.807, 2.05) is 18.2 Å². The van der Waals surface area contributed by atoms with Crippen LogP contribution in [-0.2, 0) is 11.3 Å². The summed E-state index contributed by atoms with van der Waals surface area (Å²) in [5, 5.41) is 3.12. The second-order valence-corrected chi connectivity index (χ2v) is 7.80. The average molecular weight is 303 g/mol. The molecule has 0 aliphatic rings. The van der Waals surface area contributed by atoms with E-state index in [1.165, 1.54) is 12.8 Å². The summed E-state index contributed by atoms with van der Waals surface area (Å²) in [6.45, 7) is 11.6. The van der Waals surface area contributed by atoms with E-state index in [0.717, 1.165) is 24.3 Å². The molecule has 0 fully saturated rings. The highest BCUT2D eigenvalue weighted by Gasteiger charge is 2.30. The van der Waals surface area contributed by atoms with E-state index in [4.69, 9.17) is 0 Å². The van der Waals surface area contributed by atoms with Crippen molar-refractivity contribution >= 4 is 5.91 Å². The Morgan fingerprint density at radius 1 is 1.05 bits per heavy atom. The summed E-state index contributed by atoms with van der Waals surface area (Å²) in [4.78, 5) is 12.6. The number of unbranched alkanes of at least 4 members (excludes halogenated alkanes) is 1. The van der Waals surface area contributed by atoms with Crippen molar-refractivity contribution in [1.29, 1.82) is 0 Å². The lowest BCUT2D eigenvalue weighted by molar-refractivity contribution is -0.128. The van der Waals surface area contributed by atoms with Crippen molar-refractivity contribution in [2.75, 3.05) is 0 Å². The summed E-state index contributed by atoms with van der Waals surface area (Å²) < 4.78 is 0. The topological polar surface area (TPSA) is 29.1 Å². The van der Waals surface area contributed by atoms with Gasteiger partial charge in [-0.25, -0.2) is 0 Å². The van der Waals surface area contributed by atoms with Crippen LogP contribution in [0.5, 0.6) is 0 Å². The molecule has 1 N–H and O–H groups in total. The van der Waals surface area contributed by atoms with Crippen LogP contribution in [0.3, 0.4) is 0 Å². The molecule has 0 heterocycles. The van der Waals surface area contributed by atoms with Crippen molar-refractivity contribution in [2.24, 2.45) is 17.3 Å². The summed E-state index contributed by atoms with van der Waals surface area (Å²) in [7, 11) is 0. The maximum absolute atomic E-state index is 12.6. The average Bonchev–Trinajstić information content (AvgIpc) is 2.44. The van der Waals surface area contributed by atoms with Gasteiger partial charge in [-0.3, -0.25) is 4.79 Å². The van der Waals surface area contributed by atoms with Crippen molar-refractivity contribution in [1.82, 2.24) is 5.32 Å². The van der Waals surface area contributed by atoms with Crippen LogP contribution >= 0.6 is 0 Å². The first-order valence-electron chi connectivity index (χ1n) is 8.62. The number of carbonyl (C=O) groups is 1. The second kappa shape index (κ2) is 8.97. The lowest BCUT2D eigenvalue weighted by Gasteiger charge is -2.30. The van der Waals surface area contributed by atoms with Gasteiger partial charge in [0, 0.05) is 12.5 Å². The van der Waals surface area contributed by atoms with E-state index >= 15 is 0 Å². The zero-order chi connectivity index (χ0) is 16.6. The molecule has 1 aromatic rings. The molecule has 22 heavy (non-hydrogen) atoms. The van der Waals surface area contributed by atoms with Gasteiger partial charge in [0.2, 0.25) is 5.91 Å². The molecule has 0 aromatic heterocycles. The lowest BCUT2D eigenvalue weighted by atomic mass is 9.77. The van der Waals surface area contributed by atoms with E-state index in [9.17, 15) is 4.79 Å². The molecule has 1 rings (SSSR count). The van der Waals surface area contributed by atoms with Crippen LogP contribution in [0.15, 0.2) is 30.3 Å². The minimum absolute atomic E-state index is 0.0125. The Morgan fingerprint density at radius 2 is 1.64 bits per heavy atom. The van der Waals surface area contributed by atoms with Crippen LogP contribution in [0.4, 0.5) is 0 Å². The number of nitrogens with one attached hydrogen (secondary N) is 1. The van der Waals surface area contributed by atoms with Gasteiger partial charge in [-0.1, -0.05) is 84.2 Å². The summed E-state index contributed by atoms with van der Waals surface area (Å²) >= 11 is 0. The molecule has 0 bridgehead atoms. The second-order valence-electron chi connectivity index (χ2n) is 7.80. The fourth-order valence-corrected chi connectivity index (χ4v) is 2.77. The Hall–Kier alpha value is -1.31. The first kappa shape index (κ1) is 18.7. The third-order valence-electron chi connectivity index (χ3n) is 4.20. The molecule has 0 spiro atoms. The summed E-state index contributed by atoms with van der Waals surface area (Å²) in [5.74, 6) is 1.03. The first-order chi connectivity index (χ1) is 10.3. The molecule has 0 saturated heterocycles. The Morgan fingerprint density at radius 3 is 2.18 bits per heavy atom.